The van der Waals surface area contributed by atoms with Crippen LogP contribution in [0.4, 0.5) is 0 Å². The van der Waals surface area contributed by atoms with Gasteiger partial charge in [0.05, 0.1) is 6.26 Å². The van der Waals surface area contributed by atoms with E-state index in [2.05, 4.69) is 41.8 Å². The van der Waals surface area contributed by atoms with E-state index in [4.69, 9.17) is 4.42 Å². The molecule has 0 aliphatic rings. The smallest absolute Gasteiger partial charge is 0.287 e. The molecule has 25 heavy (non-hydrogen) atoms. The highest BCUT2D eigenvalue weighted by Crippen LogP contribution is 2.17. The number of rotatable bonds is 8. The lowest BCUT2D eigenvalue weighted by Crippen LogP contribution is -2.50. The van der Waals surface area contributed by atoms with Crippen molar-refractivity contribution < 1.29 is 14.0 Å². The van der Waals surface area contributed by atoms with Crippen LogP contribution in [-0.4, -0.2) is 30.2 Å². The zero-order valence-corrected chi connectivity index (χ0v) is 15.6. The van der Waals surface area contributed by atoms with E-state index in [-0.39, 0.29) is 23.5 Å². The summed E-state index contributed by atoms with van der Waals surface area (Å²) in [5.41, 5.74) is 1.23. The quantitative estimate of drug-likeness (QED) is 0.560. The molecule has 0 saturated heterocycles. The average molecular weight is 360 g/mol. The number of nitrogens with one attached hydrogen (secondary N) is 2. The fraction of sp³-hybridized carbons (Fsp3) is 0.368. The highest BCUT2D eigenvalue weighted by Gasteiger charge is 2.25. The first-order chi connectivity index (χ1) is 12.0. The summed E-state index contributed by atoms with van der Waals surface area (Å²) in [6, 6.07) is 10.9. The predicted octanol–water partition coefficient (Wildman–Crippen LogP) is 3.25. The molecule has 6 heteroatoms. The molecule has 0 spiro atoms. The molecule has 0 bridgehead atoms. The lowest BCUT2D eigenvalue weighted by Gasteiger charge is -2.21. The Kier molecular flexibility index (Phi) is 7.13. The second kappa shape index (κ2) is 9.32. The second-order valence-corrected chi connectivity index (χ2v) is 7.29. The molecule has 0 aliphatic carbocycles. The van der Waals surface area contributed by atoms with Crippen LogP contribution in [0.15, 0.2) is 52.0 Å². The molecule has 2 aromatic rings. The molecule has 1 aromatic carbocycles. The van der Waals surface area contributed by atoms with E-state index in [1.165, 1.54) is 16.7 Å². The van der Waals surface area contributed by atoms with Crippen LogP contribution in [0.25, 0.3) is 0 Å². The summed E-state index contributed by atoms with van der Waals surface area (Å²) in [5, 5.41) is 5.62. The summed E-state index contributed by atoms with van der Waals surface area (Å²) < 4.78 is 5.06. The van der Waals surface area contributed by atoms with Gasteiger partial charge in [-0.05, 0) is 37.1 Å². The molecular formula is C19H24N2O3S. The highest BCUT2D eigenvalue weighted by molar-refractivity contribution is 7.99. The van der Waals surface area contributed by atoms with E-state index in [9.17, 15) is 9.59 Å². The van der Waals surface area contributed by atoms with Gasteiger partial charge in [0.1, 0.15) is 6.04 Å². The number of hydrogen-bond acceptors (Lipinski definition) is 4. The van der Waals surface area contributed by atoms with Crippen LogP contribution in [0.2, 0.25) is 0 Å². The Morgan fingerprint density at radius 3 is 2.48 bits per heavy atom. The van der Waals surface area contributed by atoms with Crippen molar-refractivity contribution >= 4 is 23.6 Å². The fourth-order valence-corrected chi connectivity index (χ4v) is 3.01. The van der Waals surface area contributed by atoms with E-state index in [0.29, 0.717) is 6.54 Å². The summed E-state index contributed by atoms with van der Waals surface area (Å²) in [6.45, 7) is 6.39. The molecular weight excluding hydrogens is 336 g/mol. The Hall–Kier alpha value is -2.21. The van der Waals surface area contributed by atoms with Crippen molar-refractivity contribution in [3.63, 3.8) is 0 Å². The maximum Gasteiger partial charge on any atom is 0.287 e. The molecule has 0 fully saturated rings. The SMILES string of the molecule is Cc1ccc(SCCNC(=O)C(NC(=O)c2ccco2)C(C)C)cc1. The number of benzene rings is 1. The average Bonchev–Trinajstić information content (AvgIpc) is 3.12. The zero-order chi connectivity index (χ0) is 18.2. The summed E-state index contributed by atoms with van der Waals surface area (Å²) in [5.74, 6) is 0.385. The topological polar surface area (TPSA) is 71.3 Å². The van der Waals surface area contributed by atoms with Gasteiger partial charge in [-0.3, -0.25) is 9.59 Å². The molecule has 1 unspecified atom stereocenters. The Morgan fingerprint density at radius 2 is 1.88 bits per heavy atom. The predicted molar refractivity (Wildman–Crippen MR) is 99.7 cm³/mol. The van der Waals surface area contributed by atoms with Crippen LogP contribution in [0, 0.1) is 12.8 Å². The van der Waals surface area contributed by atoms with Gasteiger partial charge in [-0.2, -0.15) is 0 Å². The number of furan rings is 1. The van der Waals surface area contributed by atoms with Crippen LogP contribution in [-0.2, 0) is 4.79 Å². The van der Waals surface area contributed by atoms with Crippen LogP contribution in [0.3, 0.4) is 0 Å². The van der Waals surface area contributed by atoms with Crippen molar-refractivity contribution in [1.29, 1.82) is 0 Å². The largest absolute Gasteiger partial charge is 0.459 e. The Morgan fingerprint density at radius 1 is 1.16 bits per heavy atom. The van der Waals surface area contributed by atoms with Crippen LogP contribution < -0.4 is 10.6 Å². The lowest BCUT2D eigenvalue weighted by atomic mass is 10.0. The molecule has 2 rings (SSSR count). The van der Waals surface area contributed by atoms with Gasteiger partial charge in [-0.25, -0.2) is 0 Å². The zero-order valence-electron chi connectivity index (χ0n) is 14.7. The molecule has 134 valence electrons. The molecule has 5 nitrogen and oxygen atoms in total. The van der Waals surface area contributed by atoms with Gasteiger partial charge in [0, 0.05) is 17.2 Å². The molecule has 2 amide bonds. The van der Waals surface area contributed by atoms with E-state index in [1.807, 2.05) is 13.8 Å². The van der Waals surface area contributed by atoms with Gasteiger partial charge in [0.15, 0.2) is 5.76 Å². The van der Waals surface area contributed by atoms with Gasteiger partial charge < -0.3 is 15.1 Å². The summed E-state index contributed by atoms with van der Waals surface area (Å²) in [6.07, 6.45) is 1.43. The van der Waals surface area contributed by atoms with E-state index in [0.717, 1.165) is 5.75 Å². The maximum atomic E-state index is 12.4. The summed E-state index contributed by atoms with van der Waals surface area (Å²) in [4.78, 5) is 25.6. The number of hydrogen-bond donors (Lipinski definition) is 2. The second-order valence-electron chi connectivity index (χ2n) is 6.12. The first-order valence-electron chi connectivity index (χ1n) is 8.29. The van der Waals surface area contributed by atoms with Crippen molar-refractivity contribution in [3.05, 3.63) is 54.0 Å². The first-order valence-corrected chi connectivity index (χ1v) is 9.27. The number of carbonyl (C=O) groups excluding carboxylic acids is 2. The number of carbonyl (C=O) groups is 2. The Bertz CT molecular complexity index is 681. The summed E-state index contributed by atoms with van der Waals surface area (Å²) >= 11 is 1.69. The minimum Gasteiger partial charge on any atom is -0.459 e. The van der Waals surface area contributed by atoms with Crippen molar-refractivity contribution in [2.24, 2.45) is 5.92 Å². The van der Waals surface area contributed by atoms with Crippen LogP contribution in [0.5, 0.6) is 0 Å². The number of amides is 2. The van der Waals surface area contributed by atoms with Gasteiger partial charge in [0.2, 0.25) is 5.91 Å². The van der Waals surface area contributed by atoms with Crippen molar-refractivity contribution in [1.82, 2.24) is 10.6 Å². The lowest BCUT2D eigenvalue weighted by molar-refractivity contribution is -0.123. The standard InChI is InChI=1S/C19H24N2O3S/c1-13(2)17(21-18(22)16-5-4-11-24-16)19(23)20-10-12-25-15-8-6-14(3)7-9-15/h4-9,11,13,17H,10,12H2,1-3H3,(H,20,23)(H,21,22). The molecule has 0 saturated carbocycles. The maximum absolute atomic E-state index is 12.4. The third-order valence-corrected chi connectivity index (χ3v) is 4.69. The fourth-order valence-electron chi connectivity index (χ4n) is 2.24. The third-order valence-electron chi connectivity index (χ3n) is 3.67. The van der Waals surface area contributed by atoms with E-state index in [1.54, 1.807) is 23.9 Å². The van der Waals surface area contributed by atoms with E-state index >= 15 is 0 Å². The molecule has 1 atom stereocenters. The van der Waals surface area contributed by atoms with Crippen molar-refractivity contribution in [2.75, 3.05) is 12.3 Å². The van der Waals surface area contributed by atoms with E-state index < -0.39 is 6.04 Å². The first kappa shape index (κ1) is 19.1. The van der Waals surface area contributed by atoms with Gasteiger partial charge in [-0.1, -0.05) is 31.5 Å². The minimum absolute atomic E-state index is 0.0244. The van der Waals surface area contributed by atoms with Crippen molar-refractivity contribution in [2.45, 2.75) is 31.7 Å². The number of aryl methyl sites for hydroxylation is 1. The van der Waals surface area contributed by atoms with Crippen LogP contribution in [0.1, 0.15) is 30.0 Å². The highest BCUT2D eigenvalue weighted by atomic mass is 32.2. The third kappa shape index (κ3) is 5.98. The molecule has 1 aromatic heterocycles. The van der Waals surface area contributed by atoms with Gasteiger partial charge in [-0.15, -0.1) is 11.8 Å². The molecule has 2 N–H and O–H groups in total. The molecule has 0 aliphatic heterocycles. The summed E-state index contributed by atoms with van der Waals surface area (Å²) in [7, 11) is 0. The Balaban J connectivity index is 1.79. The molecule has 0 radical (unpaired) electrons. The number of thioether (sulfide) groups is 1. The normalized spacial score (nSPS) is 12.0. The monoisotopic (exact) mass is 360 g/mol. The minimum atomic E-state index is -0.595. The van der Waals surface area contributed by atoms with Crippen LogP contribution >= 0.6 is 11.8 Å². The van der Waals surface area contributed by atoms with Crippen molar-refractivity contribution in [3.8, 4) is 0 Å². The van der Waals surface area contributed by atoms with Gasteiger partial charge >= 0.3 is 0 Å². The Labute approximate surface area is 152 Å². The van der Waals surface area contributed by atoms with Gasteiger partial charge in [0.25, 0.3) is 5.91 Å². The molecule has 1 heterocycles.